The molecule has 0 aliphatic carbocycles. The molecule has 6 heterocycles. The normalized spacial score (nSPS) is 17.3. The van der Waals surface area contributed by atoms with Crippen molar-refractivity contribution >= 4 is 104 Å². The predicted octanol–water partition coefficient (Wildman–Crippen LogP) is 11.9. The van der Waals surface area contributed by atoms with Crippen molar-refractivity contribution in [3.63, 3.8) is 0 Å². The quantitative estimate of drug-likeness (QED) is 0.0145. The molecule has 86 heavy (non-hydrogen) atoms. The van der Waals surface area contributed by atoms with Gasteiger partial charge in [-0.3, -0.25) is 28.3 Å². The largest absolute Gasteiger partial charge is 0.351 e. The summed E-state index contributed by atoms with van der Waals surface area (Å²) in [6.45, 7) is 18.6. The van der Waals surface area contributed by atoms with E-state index in [1.807, 2.05) is 43.7 Å². The van der Waals surface area contributed by atoms with Crippen molar-refractivity contribution < 1.29 is 49.7 Å². The SMILES string of the molecule is CCCCCCNC(=O)c1cc(-c2cc3c(c4ccsc24)N(CCC)/C(=C/C=C/C2=[N+](CCCS(=O)(=O)O)c4c(cc(-c5cc(C(=O)NCC)nc(C(=O)NCC)c5)c5sccc45)C2(C)CCC)C3(C)CCCS(=O)(=O)O)cc(C(=O)NCCC)n1. The number of allylic oxidation sites excluding steroid dienone is 4. The fraction of sp³-hybridized carbons (Fsp3) is 0.453. The molecule has 2 aliphatic rings. The molecule has 0 fully saturated rings. The number of aromatic nitrogens is 2. The standard InChI is InChI=1S/C64H80N8O10S4/c1-9-15-16-17-28-68-62(76)52-38-42(37-51(70-52)61(75)67-27-11-3)46-40-48-55(43-23-31-83-57(43)46)71(29-12-4)54(64(48,8)26-19-33-85(77,78)79)22-18-21-53-63(7,25-10-2)47-39-45(41-35-49(59(73)65-13-5)69-50(36-41)60(74)66-14-6)58-44(24-32-84-58)56(47)72(53)30-20-34-86(80,81)82/h18,21-24,31-32,35-40H,9-17,19-20,25-30,33-34H2,1-8H3,(H5-,65,66,67,68,73,74,75,76,77,78,79,80,81,82)/p+1. The van der Waals surface area contributed by atoms with Crippen molar-refractivity contribution in [3.05, 3.63) is 117 Å². The molecule has 460 valence electrons. The van der Waals surface area contributed by atoms with E-state index in [2.05, 4.69) is 106 Å². The van der Waals surface area contributed by atoms with Gasteiger partial charge in [-0.15, -0.1) is 22.7 Å². The molecule has 2 unspecified atom stereocenters. The molecule has 22 heteroatoms. The summed E-state index contributed by atoms with van der Waals surface area (Å²) < 4.78 is 73.8. The zero-order valence-corrected chi connectivity index (χ0v) is 53.8. The van der Waals surface area contributed by atoms with Gasteiger partial charge in [0.2, 0.25) is 5.69 Å². The molecule has 0 saturated heterocycles. The number of unbranched alkanes of at least 4 members (excludes halogenated alkanes) is 3. The number of fused-ring (bicyclic) bond motifs is 6. The van der Waals surface area contributed by atoms with Crippen LogP contribution in [0.4, 0.5) is 11.4 Å². The average molecular weight is 1250 g/mol. The minimum Gasteiger partial charge on any atom is -0.351 e. The third kappa shape index (κ3) is 14.2. The maximum Gasteiger partial charge on any atom is 0.269 e. The van der Waals surface area contributed by atoms with Gasteiger partial charge < -0.3 is 26.2 Å². The van der Waals surface area contributed by atoms with Crippen molar-refractivity contribution in [1.29, 1.82) is 0 Å². The first-order valence-corrected chi connectivity index (χ1v) is 35.0. The van der Waals surface area contributed by atoms with Gasteiger partial charge in [-0.25, -0.2) is 9.97 Å². The molecule has 0 bridgehead atoms. The Morgan fingerprint density at radius 2 is 1.14 bits per heavy atom. The Bertz CT molecular complexity index is 3850. The molecule has 18 nitrogen and oxygen atoms in total. The molecular formula is C64H81N8O10S4+. The Kier molecular flexibility index (Phi) is 21.3. The highest BCUT2D eigenvalue weighted by Crippen LogP contribution is 2.56. The van der Waals surface area contributed by atoms with Gasteiger partial charge in [-0.2, -0.15) is 21.4 Å². The average Bonchev–Trinajstić information content (AvgIpc) is 1.58. The number of nitrogens with one attached hydrogen (secondary N) is 4. The monoisotopic (exact) mass is 1250 g/mol. The van der Waals surface area contributed by atoms with Crippen LogP contribution in [0.2, 0.25) is 0 Å². The van der Waals surface area contributed by atoms with Crippen LogP contribution in [0.3, 0.4) is 0 Å². The molecule has 2 aromatic carbocycles. The van der Waals surface area contributed by atoms with Crippen LogP contribution in [-0.2, 0) is 31.1 Å². The highest BCUT2D eigenvalue weighted by molar-refractivity contribution is 7.86. The van der Waals surface area contributed by atoms with Crippen molar-refractivity contribution in [2.75, 3.05) is 55.7 Å². The van der Waals surface area contributed by atoms with Crippen LogP contribution in [0.1, 0.15) is 179 Å². The van der Waals surface area contributed by atoms with Gasteiger partial charge in [0, 0.05) is 87.8 Å². The predicted molar refractivity (Wildman–Crippen MR) is 346 cm³/mol. The summed E-state index contributed by atoms with van der Waals surface area (Å²) in [5.74, 6) is -2.57. The van der Waals surface area contributed by atoms with Crippen LogP contribution in [0.25, 0.3) is 42.4 Å². The van der Waals surface area contributed by atoms with Crippen LogP contribution in [0.5, 0.6) is 0 Å². The summed E-state index contributed by atoms with van der Waals surface area (Å²) >= 11 is 3.04. The summed E-state index contributed by atoms with van der Waals surface area (Å²) in [5.41, 5.74) is 7.02. The van der Waals surface area contributed by atoms with Crippen LogP contribution in [-0.4, -0.2) is 121 Å². The Labute approximate surface area is 513 Å². The number of thiophene rings is 2. The van der Waals surface area contributed by atoms with Gasteiger partial charge in [0.05, 0.1) is 28.0 Å². The lowest BCUT2D eigenvalue weighted by Gasteiger charge is -2.30. The Hall–Kier alpha value is -6.69. The first kappa shape index (κ1) is 65.3. The Morgan fingerprint density at radius 3 is 1.67 bits per heavy atom. The topological polar surface area (TPSA) is 257 Å². The van der Waals surface area contributed by atoms with E-state index in [0.29, 0.717) is 63.1 Å². The van der Waals surface area contributed by atoms with Crippen LogP contribution >= 0.6 is 22.7 Å². The number of nitrogens with zero attached hydrogens (tertiary/aromatic N) is 4. The fourth-order valence-electron chi connectivity index (χ4n) is 12.2. The summed E-state index contributed by atoms with van der Waals surface area (Å²) in [6, 6.07) is 15.2. The first-order chi connectivity index (χ1) is 41.1. The number of hydrogen-bond acceptors (Lipinski definition) is 13. The minimum absolute atomic E-state index is 0.0923. The van der Waals surface area contributed by atoms with Gasteiger partial charge >= 0.3 is 0 Å². The van der Waals surface area contributed by atoms with E-state index in [4.69, 9.17) is 0 Å². The summed E-state index contributed by atoms with van der Waals surface area (Å²) in [7, 11) is -8.69. The summed E-state index contributed by atoms with van der Waals surface area (Å²) in [6.07, 6.45) is 13.4. The maximum atomic E-state index is 13.9. The highest BCUT2D eigenvalue weighted by atomic mass is 32.2. The van der Waals surface area contributed by atoms with Crippen molar-refractivity contribution in [3.8, 4) is 22.3 Å². The van der Waals surface area contributed by atoms with E-state index in [1.165, 1.54) is 22.7 Å². The van der Waals surface area contributed by atoms with E-state index < -0.39 is 60.3 Å². The van der Waals surface area contributed by atoms with Crippen LogP contribution < -0.4 is 26.2 Å². The first-order valence-electron chi connectivity index (χ1n) is 30.0. The van der Waals surface area contributed by atoms with Crippen molar-refractivity contribution in [2.24, 2.45) is 0 Å². The minimum atomic E-state index is -4.36. The second-order valence-electron chi connectivity index (χ2n) is 22.6. The number of carbonyl (C=O) groups is 4. The molecule has 0 spiro atoms. The number of hydrogen-bond donors (Lipinski definition) is 6. The fourth-order valence-corrected chi connectivity index (χ4v) is 15.1. The lowest BCUT2D eigenvalue weighted by atomic mass is 9.74. The number of amides is 4. The second kappa shape index (κ2) is 28.0. The Balaban J connectivity index is 1.32. The smallest absolute Gasteiger partial charge is 0.269 e. The second-order valence-corrected chi connectivity index (χ2v) is 27.5. The van der Waals surface area contributed by atoms with Crippen molar-refractivity contribution in [2.45, 2.75) is 137 Å². The number of pyridine rings is 2. The molecule has 2 atom stereocenters. The molecule has 4 aromatic heterocycles. The molecular weight excluding hydrogens is 1170 g/mol. The molecule has 8 rings (SSSR count). The Morgan fingerprint density at radius 1 is 0.605 bits per heavy atom. The van der Waals surface area contributed by atoms with E-state index >= 15 is 0 Å². The lowest BCUT2D eigenvalue weighted by Crippen LogP contribution is -2.32. The van der Waals surface area contributed by atoms with Crippen LogP contribution in [0, 0.1) is 0 Å². The zero-order valence-electron chi connectivity index (χ0n) is 50.5. The van der Waals surface area contributed by atoms with E-state index in [9.17, 15) is 45.1 Å². The van der Waals surface area contributed by atoms with E-state index in [-0.39, 0.29) is 48.1 Å². The molecule has 0 saturated carbocycles. The lowest BCUT2D eigenvalue weighted by molar-refractivity contribution is -0.435. The summed E-state index contributed by atoms with van der Waals surface area (Å²) in [4.78, 5) is 66.0. The molecule has 0 radical (unpaired) electrons. The van der Waals surface area contributed by atoms with Gasteiger partial charge in [0.1, 0.15) is 29.3 Å². The summed E-state index contributed by atoms with van der Waals surface area (Å²) in [5, 5.41) is 17.4. The molecule has 4 amide bonds. The zero-order chi connectivity index (χ0) is 62.1. The number of rotatable bonds is 29. The van der Waals surface area contributed by atoms with Crippen molar-refractivity contribution in [1.82, 2.24) is 31.2 Å². The van der Waals surface area contributed by atoms with Crippen LogP contribution in [0.15, 0.2) is 83.2 Å². The number of benzene rings is 2. The molecule has 6 N–H and O–H groups in total. The number of carbonyl (C=O) groups excluding carboxylic acids is 4. The number of anilines is 1. The van der Waals surface area contributed by atoms with E-state index in [1.54, 1.807) is 24.3 Å². The third-order valence-corrected chi connectivity index (χ3v) is 19.7. The maximum absolute atomic E-state index is 13.9. The van der Waals surface area contributed by atoms with Gasteiger partial charge in [-0.1, -0.05) is 59.5 Å². The molecule has 6 aromatic rings. The van der Waals surface area contributed by atoms with Gasteiger partial charge in [0.25, 0.3) is 43.9 Å². The third-order valence-electron chi connectivity index (χ3n) is 16.2. The highest BCUT2D eigenvalue weighted by Gasteiger charge is 2.49. The van der Waals surface area contributed by atoms with Gasteiger partial charge in [-0.05, 0) is 148 Å². The van der Waals surface area contributed by atoms with Gasteiger partial charge in [0.15, 0.2) is 5.71 Å². The molecule has 2 aliphatic heterocycles. The van der Waals surface area contributed by atoms with E-state index in [0.717, 1.165) is 104 Å².